The van der Waals surface area contributed by atoms with Gasteiger partial charge in [-0.2, -0.15) is 4.98 Å². The van der Waals surface area contributed by atoms with Crippen molar-refractivity contribution in [1.29, 1.82) is 0 Å². The second-order valence-corrected chi connectivity index (χ2v) is 5.51. The van der Waals surface area contributed by atoms with Crippen molar-refractivity contribution in [3.63, 3.8) is 0 Å². The predicted molar refractivity (Wildman–Crippen MR) is 88.6 cm³/mol. The number of benzene rings is 1. The van der Waals surface area contributed by atoms with E-state index in [1.165, 1.54) is 5.56 Å². The number of rotatable bonds is 7. The van der Waals surface area contributed by atoms with Gasteiger partial charge in [-0.3, -0.25) is 0 Å². The van der Waals surface area contributed by atoms with Crippen LogP contribution in [0.2, 0.25) is 0 Å². The first-order valence-corrected chi connectivity index (χ1v) is 7.30. The Morgan fingerprint density at radius 2 is 2.05 bits per heavy atom. The minimum atomic E-state index is 0. The average Bonchev–Trinajstić information content (AvgIpc) is 2.92. The van der Waals surface area contributed by atoms with Gasteiger partial charge in [0.05, 0.1) is 0 Å². The van der Waals surface area contributed by atoms with Gasteiger partial charge in [0.15, 0.2) is 12.4 Å². The van der Waals surface area contributed by atoms with Crippen LogP contribution in [0.25, 0.3) is 0 Å². The number of hydrogen-bond donors (Lipinski definition) is 1. The molecule has 122 valence electrons. The van der Waals surface area contributed by atoms with Crippen molar-refractivity contribution >= 4 is 12.4 Å². The Morgan fingerprint density at radius 3 is 2.73 bits per heavy atom. The summed E-state index contributed by atoms with van der Waals surface area (Å²) >= 11 is 0. The normalized spacial score (nSPS) is 12.0. The molecular weight excluding hydrogens is 302 g/mol. The number of hydrogen-bond acceptors (Lipinski definition) is 5. The Morgan fingerprint density at radius 1 is 1.27 bits per heavy atom. The Labute approximate surface area is 137 Å². The SMILES string of the molecule is CNC(C)Cc1noc(COc2cccc(C(C)C)c2)n1.Cl. The lowest BCUT2D eigenvalue weighted by atomic mass is 10.0. The minimum absolute atomic E-state index is 0. The van der Waals surface area contributed by atoms with E-state index in [0.29, 0.717) is 30.3 Å². The highest BCUT2D eigenvalue weighted by Gasteiger charge is 2.10. The summed E-state index contributed by atoms with van der Waals surface area (Å²) in [4.78, 5) is 4.33. The van der Waals surface area contributed by atoms with Crippen molar-refractivity contribution in [3.8, 4) is 5.75 Å². The van der Waals surface area contributed by atoms with Gasteiger partial charge in [-0.1, -0.05) is 31.1 Å². The zero-order valence-electron chi connectivity index (χ0n) is 13.5. The second kappa shape index (κ2) is 8.76. The molecule has 0 aliphatic rings. The largest absolute Gasteiger partial charge is 0.484 e. The van der Waals surface area contributed by atoms with E-state index < -0.39 is 0 Å². The van der Waals surface area contributed by atoms with E-state index in [1.807, 2.05) is 25.2 Å². The van der Waals surface area contributed by atoms with Crippen LogP contribution in [0, 0.1) is 0 Å². The molecular formula is C16H24ClN3O2. The lowest BCUT2D eigenvalue weighted by Gasteiger charge is -2.08. The lowest BCUT2D eigenvalue weighted by molar-refractivity contribution is 0.242. The van der Waals surface area contributed by atoms with Gasteiger partial charge in [0, 0.05) is 12.5 Å². The van der Waals surface area contributed by atoms with E-state index in [1.54, 1.807) is 0 Å². The quantitative estimate of drug-likeness (QED) is 0.846. The van der Waals surface area contributed by atoms with Gasteiger partial charge < -0.3 is 14.6 Å². The zero-order valence-corrected chi connectivity index (χ0v) is 14.3. The van der Waals surface area contributed by atoms with Crippen LogP contribution in [-0.4, -0.2) is 23.2 Å². The fraction of sp³-hybridized carbons (Fsp3) is 0.500. The van der Waals surface area contributed by atoms with Gasteiger partial charge in [-0.05, 0) is 37.6 Å². The third-order valence-electron chi connectivity index (χ3n) is 3.38. The van der Waals surface area contributed by atoms with E-state index in [2.05, 4.69) is 42.3 Å². The Kier molecular flexibility index (Phi) is 7.35. The fourth-order valence-electron chi connectivity index (χ4n) is 1.92. The maximum Gasteiger partial charge on any atom is 0.264 e. The number of likely N-dealkylation sites (N-methyl/N-ethyl adjacent to an activating group) is 1. The number of ether oxygens (including phenoxy) is 1. The summed E-state index contributed by atoms with van der Waals surface area (Å²) in [7, 11) is 1.91. The standard InChI is InChI=1S/C16H23N3O2.ClH/c1-11(2)13-6-5-7-14(9-13)20-10-16-18-15(19-21-16)8-12(3)17-4;/h5-7,9,11-12,17H,8,10H2,1-4H3;1H. The Hall–Kier alpha value is -1.59. The molecule has 0 spiro atoms. The number of halogens is 1. The summed E-state index contributed by atoms with van der Waals surface area (Å²) in [6.45, 7) is 6.69. The van der Waals surface area contributed by atoms with E-state index in [4.69, 9.17) is 9.26 Å². The van der Waals surface area contributed by atoms with Gasteiger partial charge in [0.2, 0.25) is 0 Å². The van der Waals surface area contributed by atoms with Crippen molar-refractivity contribution in [3.05, 3.63) is 41.5 Å². The van der Waals surface area contributed by atoms with Crippen molar-refractivity contribution < 1.29 is 9.26 Å². The molecule has 1 heterocycles. The van der Waals surface area contributed by atoms with Gasteiger partial charge in [-0.25, -0.2) is 0 Å². The first-order valence-electron chi connectivity index (χ1n) is 7.30. The van der Waals surface area contributed by atoms with E-state index in [0.717, 1.165) is 12.2 Å². The van der Waals surface area contributed by atoms with Crippen LogP contribution >= 0.6 is 12.4 Å². The highest BCUT2D eigenvalue weighted by atomic mass is 35.5. The third-order valence-corrected chi connectivity index (χ3v) is 3.38. The minimum Gasteiger partial charge on any atom is -0.484 e. The molecule has 1 unspecified atom stereocenters. The summed E-state index contributed by atoms with van der Waals surface area (Å²) in [5.41, 5.74) is 1.25. The van der Waals surface area contributed by atoms with Crippen molar-refractivity contribution in [2.75, 3.05) is 7.05 Å². The predicted octanol–water partition coefficient (Wildman–Crippen LogP) is 3.34. The first kappa shape index (κ1) is 18.5. The van der Waals surface area contributed by atoms with E-state index in [9.17, 15) is 0 Å². The molecule has 0 aliphatic heterocycles. The highest BCUT2D eigenvalue weighted by Crippen LogP contribution is 2.20. The molecule has 0 fully saturated rings. The Bertz CT molecular complexity index is 572. The molecule has 2 aromatic rings. The van der Waals surface area contributed by atoms with E-state index in [-0.39, 0.29) is 12.4 Å². The molecule has 0 bridgehead atoms. The van der Waals surface area contributed by atoms with Crippen LogP contribution in [0.5, 0.6) is 5.75 Å². The van der Waals surface area contributed by atoms with Crippen LogP contribution < -0.4 is 10.1 Å². The number of aromatic nitrogens is 2. The van der Waals surface area contributed by atoms with Gasteiger partial charge in [-0.15, -0.1) is 12.4 Å². The molecule has 0 aliphatic carbocycles. The topological polar surface area (TPSA) is 60.2 Å². The molecule has 0 saturated carbocycles. The summed E-state index contributed by atoms with van der Waals surface area (Å²) in [5, 5.41) is 7.10. The monoisotopic (exact) mass is 325 g/mol. The molecule has 1 atom stereocenters. The number of nitrogens with one attached hydrogen (secondary N) is 1. The zero-order chi connectivity index (χ0) is 15.2. The third kappa shape index (κ3) is 5.31. The Balaban J connectivity index is 0.00000242. The molecule has 0 amide bonds. The van der Waals surface area contributed by atoms with Gasteiger partial charge in [0.1, 0.15) is 5.75 Å². The molecule has 22 heavy (non-hydrogen) atoms. The van der Waals surface area contributed by atoms with Crippen LogP contribution in [-0.2, 0) is 13.0 Å². The molecule has 0 radical (unpaired) electrons. The van der Waals surface area contributed by atoms with Crippen LogP contribution in [0.3, 0.4) is 0 Å². The van der Waals surface area contributed by atoms with Crippen LogP contribution in [0.15, 0.2) is 28.8 Å². The van der Waals surface area contributed by atoms with Crippen LogP contribution in [0.1, 0.15) is 44.0 Å². The molecule has 0 saturated heterocycles. The second-order valence-electron chi connectivity index (χ2n) is 5.51. The van der Waals surface area contributed by atoms with E-state index >= 15 is 0 Å². The summed E-state index contributed by atoms with van der Waals surface area (Å²) in [6.07, 6.45) is 0.739. The summed E-state index contributed by atoms with van der Waals surface area (Å²) in [5.74, 6) is 2.51. The maximum atomic E-state index is 5.72. The first-order chi connectivity index (χ1) is 10.1. The molecule has 2 rings (SSSR count). The highest BCUT2D eigenvalue weighted by molar-refractivity contribution is 5.85. The molecule has 5 nitrogen and oxygen atoms in total. The van der Waals surface area contributed by atoms with Crippen molar-refractivity contribution in [1.82, 2.24) is 15.5 Å². The number of nitrogens with zero attached hydrogens (tertiary/aromatic N) is 2. The van der Waals surface area contributed by atoms with Crippen molar-refractivity contribution in [2.45, 2.75) is 45.8 Å². The average molecular weight is 326 g/mol. The summed E-state index contributed by atoms with van der Waals surface area (Å²) < 4.78 is 10.9. The summed E-state index contributed by atoms with van der Waals surface area (Å²) in [6, 6.07) is 8.40. The maximum absolute atomic E-state index is 5.72. The van der Waals surface area contributed by atoms with Gasteiger partial charge >= 0.3 is 0 Å². The fourth-order valence-corrected chi connectivity index (χ4v) is 1.92. The molecule has 1 N–H and O–H groups in total. The van der Waals surface area contributed by atoms with Crippen molar-refractivity contribution in [2.24, 2.45) is 0 Å². The van der Waals surface area contributed by atoms with Crippen LogP contribution in [0.4, 0.5) is 0 Å². The molecule has 1 aromatic heterocycles. The smallest absolute Gasteiger partial charge is 0.264 e. The molecule has 1 aromatic carbocycles. The van der Waals surface area contributed by atoms with Gasteiger partial charge in [0.25, 0.3) is 5.89 Å². The lowest BCUT2D eigenvalue weighted by Crippen LogP contribution is -2.24. The molecule has 6 heteroatoms.